The molecule has 1 heterocycles. The number of ether oxygens (including phenoxy) is 2. The van der Waals surface area contributed by atoms with Gasteiger partial charge < -0.3 is 19.7 Å². The minimum atomic E-state index is 0.573. The minimum Gasteiger partial charge on any atom is -0.382 e. The Balaban J connectivity index is 1.80. The predicted octanol–water partition coefficient (Wildman–Crippen LogP) is 2.27. The summed E-state index contributed by atoms with van der Waals surface area (Å²) in [6.07, 6.45) is 8.40. The van der Waals surface area contributed by atoms with Crippen molar-refractivity contribution in [2.75, 3.05) is 53.1 Å². The molecule has 0 atom stereocenters. The molecule has 1 saturated carbocycles. The minimum absolute atomic E-state index is 0.573. The summed E-state index contributed by atoms with van der Waals surface area (Å²) in [4.78, 5) is 7.20. The lowest BCUT2D eigenvalue weighted by Gasteiger charge is -2.33. The smallest absolute Gasteiger partial charge is 0.194 e. The summed E-state index contributed by atoms with van der Waals surface area (Å²) in [5.41, 5.74) is 0.573. The van der Waals surface area contributed by atoms with E-state index in [4.69, 9.17) is 14.5 Å². The van der Waals surface area contributed by atoms with E-state index >= 15 is 0 Å². The van der Waals surface area contributed by atoms with Crippen LogP contribution >= 0.6 is 0 Å². The molecule has 1 aliphatic carbocycles. The molecule has 1 saturated heterocycles. The van der Waals surface area contributed by atoms with Gasteiger partial charge in [0.15, 0.2) is 5.96 Å². The highest BCUT2D eigenvalue weighted by Crippen LogP contribution is 2.43. The molecule has 5 nitrogen and oxygen atoms in total. The third kappa shape index (κ3) is 5.13. The van der Waals surface area contributed by atoms with E-state index < -0.39 is 0 Å². The third-order valence-electron chi connectivity index (χ3n) is 4.92. The number of nitrogens with one attached hydrogen (secondary N) is 1. The van der Waals surface area contributed by atoms with Gasteiger partial charge in [0.1, 0.15) is 0 Å². The lowest BCUT2D eigenvalue weighted by atomic mass is 9.73. The molecule has 22 heavy (non-hydrogen) atoms. The fourth-order valence-electron chi connectivity index (χ4n) is 3.71. The van der Waals surface area contributed by atoms with E-state index in [-0.39, 0.29) is 0 Å². The molecule has 0 radical (unpaired) electrons. The Bertz CT molecular complexity index is 341. The number of methoxy groups -OCH3 is 1. The monoisotopic (exact) mass is 311 g/mol. The summed E-state index contributed by atoms with van der Waals surface area (Å²) in [5, 5.41) is 3.44. The van der Waals surface area contributed by atoms with Gasteiger partial charge in [0.2, 0.25) is 0 Å². The maximum atomic E-state index is 5.50. The molecule has 128 valence electrons. The number of guanidine groups is 1. The molecular formula is C17H33N3O2. The molecule has 2 rings (SSSR count). The highest BCUT2D eigenvalue weighted by atomic mass is 16.5. The van der Waals surface area contributed by atoms with Gasteiger partial charge in [-0.15, -0.1) is 0 Å². The predicted molar refractivity (Wildman–Crippen MR) is 90.4 cm³/mol. The van der Waals surface area contributed by atoms with Crippen molar-refractivity contribution in [2.45, 2.75) is 45.4 Å². The fraction of sp³-hybridized carbons (Fsp3) is 0.941. The van der Waals surface area contributed by atoms with Crippen molar-refractivity contribution >= 4 is 5.96 Å². The van der Waals surface area contributed by atoms with Crippen LogP contribution in [0.15, 0.2) is 4.99 Å². The number of aliphatic imine (C=N–C) groups is 1. The van der Waals surface area contributed by atoms with Gasteiger partial charge in [-0.3, -0.25) is 4.99 Å². The van der Waals surface area contributed by atoms with Crippen LogP contribution in [0.4, 0.5) is 0 Å². The van der Waals surface area contributed by atoms with Crippen molar-refractivity contribution in [3.63, 3.8) is 0 Å². The zero-order valence-electron chi connectivity index (χ0n) is 14.4. The number of hydrogen-bond acceptors (Lipinski definition) is 3. The summed E-state index contributed by atoms with van der Waals surface area (Å²) in [7, 11) is 1.69. The largest absolute Gasteiger partial charge is 0.382 e. The first-order chi connectivity index (χ1) is 10.8. The number of rotatable bonds is 7. The van der Waals surface area contributed by atoms with Crippen molar-refractivity contribution in [2.24, 2.45) is 10.4 Å². The van der Waals surface area contributed by atoms with Crippen LogP contribution in [-0.2, 0) is 9.47 Å². The van der Waals surface area contributed by atoms with Gasteiger partial charge in [-0.25, -0.2) is 0 Å². The summed E-state index contributed by atoms with van der Waals surface area (Å²) in [6, 6.07) is 0. The average Bonchev–Trinajstić information content (AvgIpc) is 2.94. The van der Waals surface area contributed by atoms with Crippen LogP contribution in [0.3, 0.4) is 0 Å². The Kier molecular flexibility index (Phi) is 7.46. The second-order valence-electron chi connectivity index (χ2n) is 6.57. The SMILES string of the molecule is CCNC(=NCCOCCOC)N1CCC2(CCCCC2)C1. The number of nitrogens with zero attached hydrogens (tertiary/aromatic N) is 2. The van der Waals surface area contributed by atoms with Crippen LogP contribution < -0.4 is 5.32 Å². The van der Waals surface area contributed by atoms with Gasteiger partial charge in [0, 0.05) is 26.7 Å². The first kappa shape index (κ1) is 17.5. The molecule has 1 N–H and O–H groups in total. The molecule has 5 heteroatoms. The fourth-order valence-corrected chi connectivity index (χ4v) is 3.71. The van der Waals surface area contributed by atoms with Crippen LogP contribution in [0, 0.1) is 5.41 Å². The van der Waals surface area contributed by atoms with Crippen molar-refractivity contribution in [3.05, 3.63) is 0 Å². The Morgan fingerprint density at radius 3 is 2.68 bits per heavy atom. The van der Waals surface area contributed by atoms with Crippen LogP contribution in [0.25, 0.3) is 0 Å². The van der Waals surface area contributed by atoms with Crippen molar-refractivity contribution in [3.8, 4) is 0 Å². The molecule has 2 aliphatic rings. The topological polar surface area (TPSA) is 46.1 Å². The van der Waals surface area contributed by atoms with E-state index in [9.17, 15) is 0 Å². The first-order valence-electron chi connectivity index (χ1n) is 8.90. The molecule has 2 fully saturated rings. The molecule has 1 aliphatic heterocycles. The van der Waals surface area contributed by atoms with E-state index in [1.165, 1.54) is 45.1 Å². The van der Waals surface area contributed by atoms with Crippen LogP contribution in [0.1, 0.15) is 45.4 Å². The normalized spacial score (nSPS) is 21.5. The Labute approximate surface area is 135 Å². The average molecular weight is 311 g/mol. The van der Waals surface area contributed by atoms with Gasteiger partial charge in [-0.1, -0.05) is 19.3 Å². The Hall–Kier alpha value is -0.810. The zero-order valence-corrected chi connectivity index (χ0v) is 14.4. The van der Waals surface area contributed by atoms with Crippen molar-refractivity contribution in [1.82, 2.24) is 10.2 Å². The van der Waals surface area contributed by atoms with Gasteiger partial charge in [0.25, 0.3) is 0 Å². The maximum Gasteiger partial charge on any atom is 0.194 e. The van der Waals surface area contributed by atoms with Crippen LogP contribution in [0.2, 0.25) is 0 Å². The molecule has 0 aromatic heterocycles. The summed E-state index contributed by atoms with van der Waals surface area (Å²) >= 11 is 0. The second-order valence-corrected chi connectivity index (χ2v) is 6.57. The van der Waals surface area contributed by atoms with E-state index in [0.29, 0.717) is 25.2 Å². The molecule has 1 spiro atoms. The molecule has 0 amide bonds. The van der Waals surface area contributed by atoms with E-state index in [1.807, 2.05) is 0 Å². The molecule has 0 aromatic rings. The quantitative estimate of drug-likeness (QED) is 0.445. The lowest BCUT2D eigenvalue weighted by Crippen LogP contribution is -2.41. The summed E-state index contributed by atoms with van der Waals surface area (Å²) < 4.78 is 10.5. The van der Waals surface area contributed by atoms with Gasteiger partial charge >= 0.3 is 0 Å². The van der Waals surface area contributed by atoms with Crippen LogP contribution in [0.5, 0.6) is 0 Å². The van der Waals surface area contributed by atoms with E-state index in [0.717, 1.165) is 25.6 Å². The summed E-state index contributed by atoms with van der Waals surface area (Å²) in [5.74, 6) is 1.07. The highest BCUT2D eigenvalue weighted by Gasteiger charge is 2.39. The molecule has 0 aromatic carbocycles. The lowest BCUT2D eigenvalue weighted by molar-refractivity contribution is 0.0747. The Morgan fingerprint density at radius 1 is 1.14 bits per heavy atom. The molecule has 0 unspecified atom stereocenters. The van der Waals surface area contributed by atoms with E-state index in [1.54, 1.807) is 7.11 Å². The van der Waals surface area contributed by atoms with Gasteiger partial charge in [-0.05, 0) is 31.6 Å². The zero-order chi connectivity index (χ0) is 15.7. The molecular weight excluding hydrogens is 278 g/mol. The molecule has 0 bridgehead atoms. The van der Waals surface area contributed by atoms with Crippen molar-refractivity contribution < 1.29 is 9.47 Å². The second kappa shape index (κ2) is 9.36. The maximum absolute atomic E-state index is 5.50. The standard InChI is InChI=1S/C17H33N3O2/c1-3-18-16(19-10-12-22-14-13-21-2)20-11-9-17(15-20)7-5-4-6-8-17/h3-15H2,1-2H3,(H,18,19). The van der Waals surface area contributed by atoms with Gasteiger partial charge in [0.05, 0.1) is 26.4 Å². The van der Waals surface area contributed by atoms with Crippen LogP contribution in [-0.4, -0.2) is 64.0 Å². The highest BCUT2D eigenvalue weighted by molar-refractivity contribution is 5.80. The third-order valence-corrected chi connectivity index (χ3v) is 4.92. The number of hydrogen-bond donors (Lipinski definition) is 1. The van der Waals surface area contributed by atoms with Gasteiger partial charge in [-0.2, -0.15) is 0 Å². The Morgan fingerprint density at radius 2 is 1.95 bits per heavy atom. The number of likely N-dealkylation sites (tertiary alicyclic amines) is 1. The van der Waals surface area contributed by atoms with Crippen molar-refractivity contribution in [1.29, 1.82) is 0 Å². The van der Waals surface area contributed by atoms with E-state index in [2.05, 4.69) is 17.1 Å². The first-order valence-corrected chi connectivity index (χ1v) is 8.90. The summed E-state index contributed by atoms with van der Waals surface area (Å²) in [6.45, 7) is 8.07.